The molecule has 0 spiro atoms. The number of nitrogens with two attached hydrogens (primary N) is 1. The first kappa shape index (κ1) is 15.5. The molecule has 1 aromatic heterocycles. The van der Waals surface area contributed by atoms with Crippen LogP contribution in [0.2, 0.25) is 0 Å². The van der Waals surface area contributed by atoms with Crippen LogP contribution in [0.3, 0.4) is 0 Å². The Hall–Kier alpha value is -1.86. The number of aromatic nitrogens is 2. The van der Waals surface area contributed by atoms with Crippen molar-refractivity contribution in [1.82, 2.24) is 9.97 Å². The van der Waals surface area contributed by atoms with Gasteiger partial charge in [-0.3, -0.25) is 0 Å². The fourth-order valence-corrected chi connectivity index (χ4v) is 2.60. The number of aromatic amines is 1. The summed E-state index contributed by atoms with van der Waals surface area (Å²) in [5, 5.41) is 0. The van der Waals surface area contributed by atoms with Crippen molar-refractivity contribution in [1.29, 1.82) is 0 Å². The van der Waals surface area contributed by atoms with Crippen LogP contribution in [-0.4, -0.2) is 37.5 Å². The molecule has 0 aliphatic carbocycles. The molecule has 0 aliphatic heterocycles. The highest BCUT2D eigenvalue weighted by Gasteiger charge is 2.14. The minimum absolute atomic E-state index is 0.0483. The van der Waals surface area contributed by atoms with Crippen molar-refractivity contribution in [2.24, 2.45) is 5.73 Å². The van der Waals surface area contributed by atoms with Gasteiger partial charge in [-0.1, -0.05) is 0 Å². The van der Waals surface area contributed by atoms with Gasteiger partial charge in [-0.2, -0.15) is 0 Å². The molecule has 0 amide bonds. The Balaban J connectivity index is 2.09. The highest BCUT2D eigenvalue weighted by Crippen LogP contribution is 2.22. The van der Waals surface area contributed by atoms with E-state index in [1.807, 2.05) is 24.3 Å². The van der Waals surface area contributed by atoms with E-state index >= 15 is 0 Å². The number of H-pyrrole nitrogens is 1. The predicted octanol–water partition coefficient (Wildman–Crippen LogP) is 1.52. The monoisotopic (exact) mass is 309 g/mol. The molecule has 0 fully saturated rings. The van der Waals surface area contributed by atoms with Crippen molar-refractivity contribution in [2.75, 3.05) is 19.1 Å². The second kappa shape index (κ2) is 6.28. The molecule has 7 heteroatoms. The van der Waals surface area contributed by atoms with Crippen LogP contribution in [-0.2, 0) is 9.84 Å². The number of nitrogens with one attached hydrogen (secondary N) is 1. The van der Waals surface area contributed by atoms with Crippen LogP contribution in [0, 0.1) is 0 Å². The number of methoxy groups -OCH3 is 1. The van der Waals surface area contributed by atoms with Gasteiger partial charge in [-0.15, -0.1) is 0 Å². The molecule has 0 radical (unpaired) electrons. The maximum Gasteiger partial charge on any atom is 0.147 e. The average molecular weight is 309 g/mol. The summed E-state index contributed by atoms with van der Waals surface area (Å²) in [6.45, 7) is 0. The molecule has 1 atom stereocenters. The predicted molar refractivity (Wildman–Crippen MR) is 81.8 cm³/mol. The third-order valence-corrected chi connectivity index (χ3v) is 4.12. The Morgan fingerprint density at radius 2 is 2.00 bits per heavy atom. The van der Waals surface area contributed by atoms with Gasteiger partial charge in [0.1, 0.15) is 21.4 Å². The fraction of sp³-hybridized carbons (Fsp3) is 0.357. The summed E-state index contributed by atoms with van der Waals surface area (Å²) in [4.78, 5) is 7.36. The summed E-state index contributed by atoms with van der Waals surface area (Å²) in [6.07, 6.45) is 3.23. The lowest BCUT2D eigenvalue weighted by atomic mass is 10.1. The molecule has 0 aliphatic rings. The lowest BCUT2D eigenvalue weighted by Crippen LogP contribution is -2.16. The second-order valence-corrected chi connectivity index (χ2v) is 7.20. The first-order valence-corrected chi connectivity index (χ1v) is 8.58. The van der Waals surface area contributed by atoms with Gasteiger partial charge in [0, 0.05) is 6.26 Å². The van der Waals surface area contributed by atoms with Gasteiger partial charge in [-0.05, 0) is 36.2 Å². The van der Waals surface area contributed by atoms with Crippen molar-refractivity contribution in [3.05, 3.63) is 36.3 Å². The minimum Gasteiger partial charge on any atom is -0.497 e. The number of benzene rings is 1. The van der Waals surface area contributed by atoms with Crippen molar-refractivity contribution in [2.45, 2.75) is 12.5 Å². The number of hydrogen-bond donors (Lipinski definition) is 2. The molecule has 0 bridgehead atoms. The van der Waals surface area contributed by atoms with Crippen LogP contribution in [0.15, 0.2) is 30.5 Å². The zero-order valence-electron chi connectivity index (χ0n) is 12.0. The molecular formula is C14H19N3O3S. The van der Waals surface area contributed by atoms with E-state index in [4.69, 9.17) is 10.5 Å². The summed E-state index contributed by atoms with van der Waals surface area (Å²) < 4.78 is 27.4. The van der Waals surface area contributed by atoms with Crippen LogP contribution in [0.5, 0.6) is 5.75 Å². The minimum atomic E-state index is -3.02. The van der Waals surface area contributed by atoms with E-state index in [2.05, 4.69) is 9.97 Å². The van der Waals surface area contributed by atoms with Crippen LogP contribution >= 0.6 is 0 Å². The lowest BCUT2D eigenvalue weighted by Gasteiger charge is -2.07. The molecular weight excluding hydrogens is 290 g/mol. The maximum absolute atomic E-state index is 11.2. The Kier molecular flexibility index (Phi) is 4.64. The largest absolute Gasteiger partial charge is 0.497 e. The number of ether oxygens (including phenoxy) is 1. The Labute approximate surface area is 124 Å². The highest BCUT2D eigenvalue weighted by atomic mass is 32.2. The maximum atomic E-state index is 11.2. The molecule has 114 valence electrons. The quantitative estimate of drug-likeness (QED) is 0.843. The summed E-state index contributed by atoms with van der Waals surface area (Å²) >= 11 is 0. The van der Waals surface area contributed by atoms with Gasteiger partial charge < -0.3 is 15.5 Å². The molecule has 6 nitrogen and oxygen atoms in total. The van der Waals surface area contributed by atoms with Crippen molar-refractivity contribution in [3.8, 4) is 17.0 Å². The van der Waals surface area contributed by atoms with Crippen LogP contribution in [0.1, 0.15) is 18.3 Å². The average Bonchev–Trinajstić information content (AvgIpc) is 2.94. The van der Waals surface area contributed by atoms with E-state index in [-0.39, 0.29) is 5.75 Å². The zero-order valence-corrected chi connectivity index (χ0v) is 12.9. The van der Waals surface area contributed by atoms with Crippen LogP contribution < -0.4 is 10.5 Å². The Morgan fingerprint density at radius 3 is 2.57 bits per heavy atom. The van der Waals surface area contributed by atoms with Gasteiger partial charge in [0.05, 0.1) is 30.8 Å². The van der Waals surface area contributed by atoms with E-state index in [1.54, 1.807) is 13.3 Å². The molecule has 21 heavy (non-hydrogen) atoms. The molecule has 1 heterocycles. The third-order valence-electron chi connectivity index (χ3n) is 3.15. The number of nitrogens with zero attached hydrogens (tertiary/aromatic N) is 1. The number of sulfone groups is 1. The molecule has 0 saturated heterocycles. The SMILES string of the molecule is COc1ccc(-c2cnc(C(N)CCS(C)(=O)=O)[nH]2)cc1. The van der Waals surface area contributed by atoms with Gasteiger partial charge in [-0.25, -0.2) is 13.4 Å². The third kappa shape index (κ3) is 4.30. The number of imidazole rings is 1. The zero-order chi connectivity index (χ0) is 15.5. The van der Waals surface area contributed by atoms with Gasteiger partial charge >= 0.3 is 0 Å². The van der Waals surface area contributed by atoms with E-state index in [9.17, 15) is 8.42 Å². The van der Waals surface area contributed by atoms with E-state index in [1.165, 1.54) is 6.26 Å². The Morgan fingerprint density at radius 1 is 1.33 bits per heavy atom. The molecule has 2 aromatic rings. The van der Waals surface area contributed by atoms with E-state index < -0.39 is 15.9 Å². The van der Waals surface area contributed by atoms with Crippen LogP contribution in [0.4, 0.5) is 0 Å². The molecule has 1 aromatic carbocycles. The van der Waals surface area contributed by atoms with Crippen molar-refractivity contribution < 1.29 is 13.2 Å². The van der Waals surface area contributed by atoms with Gasteiger partial charge in [0.2, 0.25) is 0 Å². The first-order chi connectivity index (χ1) is 9.89. The molecule has 0 saturated carbocycles. The van der Waals surface area contributed by atoms with Crippen molar-refractivity contribution in [3.63, 3.8) is 0 Å². The molecule has 3 N–H and O–H groups in total. The summed E-state index contributed by atoms with van der Waals surface area (Å²) in [5.41, 5.74) is 7.76. The fourth-order valence-electron chi connectivity index (χ4n) is 1.92. The summed E-state index contributed by atoms with van der Waals surface area (Å²) in [7, 11) is -1.40. The van der Waals surface area contributed by atoms with E-state index in [0.717, 1.165) is 17.0 Å². The number of rotatable bonds is 6. The normalized spacial score (nSPS) is 13.1. The highest BCUT2D eigenvalue weighted by molar-refractivity contribution is 7.90. The summed E-state index contributed by atoms with van der Waals surface area (Å²) in [6, 6.07) is 7.13. The van der Waals surface area contributed by atoms with E-state index in [0.29, 0.717) is 12.2 Å². The lowest BCUT2D eigenvalue weighted by molar-refractivity contribution is 0.415. The second-order valence-electron chi connectivity index (χ2n) is 4.94. The summed E-state index contributed by atoms with van der Waals surface area (Å²) in [5.74, 6) is 1.42. The van der Waals surface area contributed by atoms with Crippen molar-refractivity contribution >= 4 is 9.84 Å². The Bertz CT molecular complexity index is 693. The number of hydrogen-bond acceptors (Lipinski definition) is 5. The van der Waals surface area contributed by atoms with Gasteiger partial charge in [0.25, 0.3) is 0 Å². The van der Waals surface area contributed by atoms with Gasteiger partial charge in [0.15, 0.2) is 0 Å². The molecule has 1 unspecified atom stereocenters. The standard InChI is InChI=1S/C14H19N3O3S/c1-20-11-5-3-10(4-6-11)13-9-16-14(17-13)12(15)7-8-21(2,18)19/h3-6,9,12H,7-8,15H2,1-2H3,(H,16,17). The topological polar surface area (TPSA) is 98.1 Å². The van der Waals surface area contributed by atoms with Crippen LogP contribution in [0.25, 0.3) is 11.3 Å². The first-order valence-electron chi connectivity index (χ1n) is 6.51. The smallest absolute Gasteiger partial charge is 0.147 e. The molecule has 2 rings (SSSR count).